The van der Waals surface area contributed by atoms with E-state index in [1.807, 2.05) is 13.0 Å². The van der Waals surface area contributed by atoms with E-state index in [1.54, 1.807) is 0 Å². The summed E-state index contributed by atoms with van der Waals surface area (Å²) in [6, 6.07) is 21.6. The first-order valence-corrected chi connectivity index (χ1v) is 11.3. The Bertz CT molecular complexity index is 1000. The largest absolute Gasteiger partial charge is 0.494 e. The molecule has 31 heavy (non-hydrogen) atoms. The van der Waals surface area contributed by atoms with E-state index in [2.05, 4.69) is 66.4 Å². The van der Waals surface area contributed by atoms with E-state index in [1.165, 1.54) is 28.8 Å². The number of likely N-dealkylation sites (tertiary alicyclic amines) is 1. The molecule has 2 heterocycles. The minimum Gasteiger partial charge on any atom is -0.494 e. The van der Waals surface area contributed by atoms with Crippen LogP contribution in [0.25, 0.3) is 0 Å². The van der Waals surface area contributed by atoms with E-state index in [-0.39, 0.29) is 6.61 Å². The Labute approximate surface area is 185 Å². The SMILES string of the molecule is CCOc1ccc(CN2CCC[C@H]2c2cc(Cc3ccccc3)cc(C)n2)cc1CO. The lowest BCUT2D eigenvalue weighted by Crippen LogP contribution is -2.24. The van der Waals surface area contributed by atoms with E-state index in [0.717, 1.165) is 42.9 Å². The number of ether oxygens (including phenoxy) is 1. The molecule has 0 saturated carbocycles. The molecular weight excluding hydrogens is 384 g/mol. The summed E-state index contributed by atoms with van der Waals surface area (Å²) < 4.78 is 5.63. The van der Waals surface area contributed by atoms with E-state index in [9.17, 15) is 5.11 Å². The van der Waals surface area contributed by atoms with Crippen LogP contribution in [0.2, 0.25) is 0 Å². The third kappa shape index (κ3) is 5.33. The van der Waals surface area contributed by atoms with Crippen LogP contribution < -0.4 is 4.74 Å². The predicted molar refractivity (Wildman–Crippen MR) is 124 cm³/mol. The van der Waals surface area contributed by atoms with Crippen LogP contribution in [0.4, 0.5) is 0 Å². The van der Waals surface area contributed by atoms with Crippen molar-refractivity contribution in [3.8, 4) is 5.75 Å². The number of pyridine rings is 1. The monoisotopic (exact) mass is 416 g/mol. The van der Waals surface area contributed by atoms with Crippen LogP contribution in [0, 0.1) is 6.92 Å². The number of nitrogens with zero attached hydrogens (tertiary/aromatic N) is 2. The summed E-state index contributed by atoms with van der Waals surface area (Å²) in [5.41, 5.74) is 6.97. The lowest BCUT2D eigenvalue weighted by atomic mass is 10.0. The van der Waals surface area contributed by atoms with Gasteiger partial charge in [0.25, 0.3) is 0 Å². The Morgan fingerprint density at radius 2 is 1.87 bits per heavy atom. The smallest absolute Gasteiger partial charge is 0.124 e. The molecule has 4 nitrogen and oxygen atoms in total. The first-order valence-electron chi connectivity index (χ1n) is 11.3. The van der Waals surface area contributed by atoms with Crippen molar-refractivity contribution in [3.05, 3.63) is 94.3 Å². The summed E-state index contributed by atoms with van der Waals surface area (Å²) in [7, 11) is 0. The Morgan fingerprint density at radius 1 is 1.03 bits per heavy atom. The number of hydrogen-bond donors (Lipinski definition) is 1. The highest BCUT2D eigenvalue weighted by atomic mass is 16.5. The molecule has 0 amide bonds. The van der Waals surface area contributed by atoms with Gasteiger partial charge in [0, 0.05) is 17.8 Å². The van der Waals surface area contributed by atoms with Gasteiger partial charge in [0.05, 0.1) is 24.9 Å². The molecule has 1 aromatic heterocycles. The average Bonchev–Trinajstić information content (AvgIpc) is 3.23. The summed E-state index contributed by atoms with van der Waals surface area (Å²) >= 11 is 0. The van der Waals surface area contributed by atoms with Gasteiger partial charge in [-0.15, -0.1) is 0 Å². The van der Waals surface area contributed by atoms with Crippen molar-refractivity contribution in [2.75, 3.05) is 13.2 Å². The minimum absolute atomic E-state index is 0.00508. The van der Waals surface area contributed by atoms with Gasteiger partial charge < -0.3 is 9.84 Å². The average molecular weight is 417 g/mol. The maximum atomic E-state index is 9.74. The third-order valence-electron chi connectivity index (χ3n) is 5.97. The third-order valence-corrected chi connectivity index (χ3v) is 5.97. The minimum atomic E-state index is -0.00508. The second kappa shape index (κ2) is 10.1. The summed E-state index contributed by atoms with van der Waals surface area (Å²) in [5.74, 6) is 0.776. The van der Waals surface area contributed by atoms with Crippen LogP contribution in [0.1, 0.15) is 59.4 Å². The van der Waals surface area contributed by atoms with Crippen molar-refractivity contribution in [2.24, 2.45) is 0 Å². The zero-order valence-electron chi connectivity index (χ0n) is 18.6. The first kappa shape index (κ1) is 21.5. The zero-order valence-corrected chi connectivity index (χ0v) is 18.6. The molecule has 1 saturated heterocycles. The van der Waals surface area contributed by atoms with Crippen LogP contribution in [-0.2, 0) is 19.6 Å². The Hall–Kier alpha value is -2.69. The maximum absolute atomic E-state index is 9.74. The normalized spacial score (nSPS) is 16.5. The molecule has 1 aliphatic rings. The molecule has 0 bridgehead atoms. The Morgan fingerprint density at radius 3 is 2.65 bits per heavy atom. The lowest BCUT2D eigenvalue weighted by molar-refractivity contribution is 0.242. The number of hydrogen-bond acceptors (Lipinski definition) is 4. The van der Waals surface area contributed by atoms with E-state index < -0.39 is 0 Å². The van der Waals surface area contributed by atoms with Gasteiger partial charge >= 0.3 is 0 Å². The molecule has 1 aliphatic heterocycles. The predicted octanol–water partition coefficient (Wildman–Crippen LogP) is 5.21. The Balaban J connectivity index is 1.53. The van der Waals surface area contributed by atoms with Crippen molar-refractivity contribution >= 4 is 0 Å². The van der Waals surface area contributed by atoms with Crippen molar-refractivity contribution in [3.63, 3.8) is 0 Å². The summed E-state index contributed by atoms with van der Waals surface area (Å²) in [4.78, 5) is 7.44. The molecule has 1 fully saturated rings. The van der Waals surface area contributed by atoms with Crippen molar-refractivity contribution in [1.82, 2.24) is 9.88 Å². The molecule has 0 aliphatic carbocycles. The summed E-state index contributed by atoms with van der Waals surface area (Å²) in [6.07, 6.45) is 3.24. The van der Waals surface area contributed by atoms with Gasteiger partial charge in [-0.05, 0) is 80.6 Å². The van der Waals surface area contributed by atoms with Crippen LogP contribution in [-0.4, -0.2) is 28.1 Å². The molecule has 2 aromatic carbocycles. The highest BCUT2D eigenvalue weighted by molar-refractivity contribution is 5.37. The standard InChI is InChI=1S/C27H32N2O2/c1-3-31-27-12-11-22(16-24(27)19-30)18-29-13-7-10-26(29)25-17-23(14-20(2)28-25)15-21-8-5-4-6-9-21/h4-6,8-9,11-12,14,16-17,26,30H,3,7,10,13,15,18-19H2,1-2H3/t26-/m0/s1. The van der Waals surface area contributed by atoms with Gasteiger partial charge in [0.15, 0.2) is 0 Å². The molecule has 4 heteroatoms. The topological polar surface area (TPSA) is 45.6 Å². The summed E-state index contributed by atoms with van der Waals surface area (Å²) in [6.45, 7) is 6.57. The van der Waals surface area contributed by atoms with Gasteiger partial charge in [-0.3, -0.25) is 9.88 Å². The van der Waals surface area contributed by atoms with Gasteiger partial charge in [-0.25, -0.2) is 0 Å². The number of aryl methyl sites for hydroxylation is 1. The fraction of sp³-hybridized carbons (Fsp3) is 0.370. The number of aliphatic hydroxyl groups excluding tert-OH is 1. The van der Waals surface area contributed by atoms with Crippen molar-refractivity contribution < 1.29 is 9.84 Å². The molecule has 1 N–H and O–H groups in total. The van der Waals surface area contributed by atoms with Crippen LogP contribution >= 0.6 is 0 Å². The fourth-order valence-corrected chi connectivity index (χ4v) is 4.61. The molecule has 4 rings (SSSR count). The van der Waals surface area contributed by atoms with Gasteiger partial charge in [-0.1, -0.05) is 36.4 Å². The number of aromatic nitrogens is 1. The highest BCUT2D eigenvalue weighted by Crippen LogP contribution is 2.33. The van der Waals surface area contributed by atoms with E-state index in [4.69, 9.17) is 9.72 Å². The summed E-state index contributed by atoms with van der Waals surface area (Å²) in [5, 5.41) is 9.74. The second-order valence-electron chi connectivity index (χ2n) is 8.37. The van der Waals surface area contributed by atoms with Crippen LogP contribution in [0.3, 0.4) is 0 Å². The quantitative estimate of drug-likeness (QED) is 0.548. The maximum Gasteiger partial charge on any atom is 0.124 e. The number of rotatable bonds is 8. The van der Waals surface area contributed by atoms with Gasteiger partial charge in [0.1, 0.15) is 5.75 Å². The zero-order chi connectivity index (χ0) is 21.6. The molecule has 3 aromatic rings. The first-order chi connectivity index (χ1) is 15.2. The molecule has 0 radical (unpaired) electrons. The highest BCUT2D eigenvalue weighted by Gasteiger charge is 2.27. The van der Waals surface area contributed by atoms with E-state index in [0.29, 0.717) is 12.6 Å². The van der Waals surface area contributed by atoms with Crippen LogP contribution in [0.5, 0.6) is 5.75 Å². The van der Waals surface area contributed by atoms with Gasteiger partial charge in [0.2, 0.25) is 0 Å². The van der Waals surface area contributed by atoms with E-state index >= 15 is 0 Å². The van der Waals surface area contributed by atoms with Crippen LogP contribution in [0.15, 0.2) is 60.7 Å². The second-order valence-corrected chi connectivity index (χ2v) is 8.37. The lowest BCUT2D eigenvalue weighted by Gasteiger charge is -2.25. The van der Waals surface area contributed by atoms with Crippen molar-refractivity contribution in [2.45, 2.75) is 52.3 Å². The number of benzene rings is 2. The molecule has 0 unspecified atom stereocenters. The molecule has 0 spiro atoms. The fourth-order valence-electron chi connectivity index (χ4n) is 4.61. The molecule has 162 valence electrons. The molecule has 1 atom stereocenters. The van der Waals surface area contributed by atoms with Crippen molar-refractivity contribution in [1.29, 1.82) is 0 Å². The van der Waals surface area contributed by atoms with Gasteiger partial charge in [-0.2, -0.15) is 0 Å². The Kier molecular flexibility index (Phi) is 7.00. The molecular formula is C27H32N2O2. The number of aliphatic hydroxyl groups is 1.